The van der Waals surface area contributed by atoms with Crippen LogP contribution < -0.4 is 5.30 Å². The van der Waals surface area contributed by atoms with Crippen molar-refractivity contribution in [2.24, 2.45) is 5.92 Å². The van der Waals surface area contributed by atoms with Crippen molar-refractivity contribution in [2.45, 2.75) is 19.8 Å². The third-order valence-corrected chi connectivity index (χ3v) is 5.74. The molecular weight excluding hydrogens is 285 g/mol. The second kappa shape index (κ2) is 4.67. The first-order valence-electron chi connectivity index (χ1n) is 7.04. The van der Waals surface area contributed by atoms with E-state index in [1.807, 2.05) is 13.0 Å². The van der Waals surface area contributed by atoms with E-state index in [-0.39, 0.29) is 17.5 Å². The molecule has 1 aliphatic carbocycles. The number of ketones is 1. The van der Waals surface area contributed by atoms with Gasteiger partial charge < -0.3 is 9.67 Å². The molecule has 1 N–H and O–H groups in total. The monoisotopic (exact) mass is 303 g/mol. The molecule has 4 nitrogen and oxygen atoms in total. The Kier molecular flexibility index (Phi) is 3.18. The standard InChI is InChI=1S/C16H18NO3P/c1-9-4-5-10-8-11-12(21(2,3)20)6-7-17-14(11)16(19)13(10)15(9)18/h6-9,19H,4-5H2,1-3H3. The van der Waals surface area contributed by atoms with Crippen LogP contribution in [0.3, 0.4) is 0 Å². The number of fused-ring (bicyclic) bond motifs is 2. The highest BCUT2D eigenvalue weighted by molar-refractivity contribution is 7.70. The molecule has 2 aromatic rings. The summed E-state index contributed by atoms with van der Waals surface area (Å²) in [4.78, 5) is 16.5. The van der Waals surface area contributed by atoms with Crippen LogP contribution in [-0.4, -0.2) is 29.2 Å². The Labute approximate surface area is 123 Å². The molecule has 3 rings (SSSR count). The van der Waals surface area contributed by atoms with E-state index in [2.05, 4.69) is 4.98 Å². The molecule has 0 spiro atoms. The summed E-state index contributed by atoms with van der Waals surface area (Å²) in [5, 5.41) is 11.9. The van der Waals surface area contributed by atoms with Gasteiger partial charge in [-0.3, -0.25) is 9.78 Å². The molecule has 21 heavy (non-hydrogen) atoms. The van der Waals surface area contributed by atoms with Gasteiger partial charge in [-0.1, -0.05) is 6.92 Å². The van der Waals surface area contributed by atoms with Crippen LogP contribution in [0.4, 0.5) is 0 Å². The van der Waals surface area contributed by atoms with Crippen molar-refractivity contribution in [3.63, 3.8) is 0 Å². The zero-order valence-electron chi connectivity index (χ0n) is 12.4. The third-order valence-electron chi connectivity index (χ3n) is 4.19. The van der Waals surface area contributed by atoms with Gasteiger partial charge in [-0.2, -0.15) is 0 Å². The van der Waals surface area contributed by atoms with Crippen LogP contribution in [0.5, 0.6) is 5.75 Å². The minimum atomic E-state index is -2.48. The van der Waals surface area contributed by atoms with Crippen LogP contribution in [0.2, 0.25) is 0 Å². The maximum atomic E-state index is 12.4. The Morgan fingerprint density at radius 3 is 2.76 bits per heavy atom. The van der Waals surface area contributed by atoms with Gasteiger partial charge in [0.25, 0.3) is 0 Å². The lowest BCUT2D eigenvalue weighted by Crippen LogP contribution is -2.21. The van der Waals surface area contributed by atoms with Crippen LogP contribution in [0.1, 0.15) is 29.3 Å². The quantitative estimate of drug-likeness (QED) is 0.822. The number of phenols is 1. The van der Waals surface area contributed by atoms with E-state index in [9.17, 15) is 14.5 Å². The topological polar surface area (TPSA) is 67.3 Å². The minimum Gasteiger partial charge on any atom is -0.505 e. The molecule has 1 aliphatic rings. The fraction of sp³-hybridized carbons (Fsp3) is 0.375. The van der Waals surface area contributed by atoms with E-state index in [0.29, 0.717) is 21.8 Å². The van der Waals surface area contributed by atoms with Gasteiger partial charge in [-0.15, -0.1) is 0 Å². The molecule has 1 heterocycles. The van der Waals surface area contributed by atoms with E-state index in [0.717, 1.165) is 18.4 Å². The summed E-state index contributed by atoms with van der Waals surface area (Å²) < 4.78 is 12.4. The van der Waals surface area contributed by atoms with Gasteiger partial charge in [-0.25, -0.2) is 0 Å². The van der Waals surface area contributed by atoms with Crippen molar-refractivity contribution in [3.8, 4) is 5.75 Å². The van der Waals surface area contributed by atoms with Gasteiger partial charge in [0.1, 0.15) is 12.7 Å². The van der Waals surface area contributed by atoms with Crippen molar-refractivity contribution >= 4 is 29.1 Å². The first-order valence-corrected chi connectivity index (χ1v) is 9.64. The van der Waals surface area contributed by atoms with Crippen molar-refractivity contribution < 1.29 is 14.5 Å². The van der Waals surface area contributed by atoms with E-state index < -0.39 is 7.14 Å². The molecule has 1 unspecified atom stereocenters. The average molecular weight is 303 g/mol. The number of rotatable bonds is 1. The predicted molar refractivity (Wildman–Crippen MR) is 84.3 cm³/mol. The number of carbonyl (C=O) groups excluding carboxylic acids is 1. The molecular formula is C16H18NO3P. The first kappa shape index (κ1) is 14.3. The van der Waals surface area contributed by atoms with E-state index in [1.165, 1.54) is 0 Å². The number of benzene rings is 1. The molecule has 0 saturated carbocycles. The lowest BCUT2D eigenvalue weighted by molar-refractivity contribution is 0.0911. The Bertz CT molecular complexity index is 807. The van der Waals surface area contributed by atoms with Gasteiger partial charge in [0.2, 0.25) is 0 Å². The Hall–Kier alpha value is -1.67. The molecule has 1 aromatic heterocycles. The second-order valence-corrected chi connectivity index (χ2v) is 9.32. The fourth-order valence-electron chi connectivity index (χ4n) is 3.00. The maximum absolute atomic E-state index is 12.4. The number of aromatic hydroxyl groups is 1. The summed E-state index contributed by atoms with van der Waals surface area (Å²) in [6, 6.07) is 3.62. The lowest BCUT2D eigenvalue weighted by Gasteiger charge is -2.23. The van der Waals surface area contributed by atoms with Gasteiger partial charge in [0.15, 0.2) is 11.5 Å². The second-order valence-electron chi connectivity index (χ2n) is 6.14. The van der Waals surface area contributed by atoms with Crippen molar-refractivity contribution in [2.75, 3.05) is 13.3 Å². The summed E-state index contributed by atoms with van der Waals surface area (Å²) in [5.41, 5.74) is 1.61. The highest BCUT2D eigenvalue weighted by Gasteiger charge is 2.29. The van der Waals surface area contributed by atoms with Crippen molar-refractivity contribution in [3.05, 3.63) is 29.5 Å². The van der Waals surface area contributed by atoms with Gasteiger partial charge in [0, 0.05) is 22.8 Å². The van der Waals surface area contributed by atoms with Crippen LogP contribution >= 0.6 is 7.14 Å². The molecule has 0 radical (unpaired) electrons. The van der Waals surface area contributed by atoms with Gasteiger partial charge >= 0.3 is 0 Å². The Morgan fingerprint density at radius 2 is 2.10 bits per heavy atom. The number of aromatic nitrogens is 1. The summed E-state index contributed by atoms with van der Waals surface area (Å²) in [6.45, 7) is 5.28. The van der Waals surface area contributed by atoms with Crippen LogP contribution in [0.25, 0.3) is 10.9 Å². The molecule has 0 aliphatic heterocycles. The van der Waals surface area contributed by atoms with Crippen LogP contribution in [0.15, 0.2) is 18.3 Å². The fourth-order valence-corrected chi connectivity index (χ4v) is 4.18. The molecule has 0 bridgehead atoms. The lowest BCUT2D eigenvalue weighted by atomic mass is 9.82. The molecule has 110 valence electrons. The first-order chi connectivity index (χ1) is 9.80. The Balaban J connectivity index is 2.40. The smallest absolute Gasteiger partial charge is 0.169 e. The van der Waals surface area contributed by atoms with Crippen LogP contribution in [0, 0.1) is 5.92 Å². The van der Waals surface area contributed by atoms with E-state index >= 15 is 0 Å². The SMILES string of the molecule is CC1CCc2cc3c(P(C)(C)=O)ccnc3c(O)c2C1=O. The van der Waals surface area contributed by atoms with E-state index in [1.54, 1.807) is 25.6 Å². The highest BCUT2D eigenvalue weighted by Crippen LogP contribution is 2.41. The summed E-state index contributed by atoms with van der Waals surface area (Å²) >= 11 is 0. The number of Topliss-reactive ketones (excluding diaryl/α,β-unsaturated/α-hetero) is 1. The van der Waals surface area contributed by atoms with Gasteiger partial charge in [0.05, 0.1) is 5.56 Å². The van der Waals surface area contributed by atoms with Gasteiger partial charge in [-0.05, 0) is 43.9 Å². The van der Waals surface area contributed by atoms with Crippen molar-refractivity contribution in [1.29, 1.82) is 0 Å². The average Bonchev–Trinajstić information content (AvgIpc) is 2.41. The number of carbonyl (C=O) groups is 1. The minimum absolute atomic E-state index is 0.0287. The number of phenolic OH excluding ortho intramolecular Hbond substituents is 1. The number of hydrogen-bond donors (Lipinski definition) is 1. The molecule has 0 saturated heterocycles. The number of hydrogen-bond acceptors (Lipinski definition) is 4. The van der Waals surface area contributed by atoms with E-state index in [4.69, 9.17) is 0 Å². The molecule has 1 atom stereocenters. The molecule has 5 heteroatoms. The van der Waals surface area contributed by atoms with Crippen LogP contribution in [-0.2, 0) is 11.0 Å². The number of nitrogens with zero attached hydrogens (tertiary/aromatic N) is 1. The third kappa shape index (κ3) is 2.18. The van der Waals surface area contributed by atoms with Crippen molar-refractivity contribution in [1.82, 2.24) is 4.98 Å². The zero-order chi connectivity index (χ0) is 15.4. The summed E-state index contributed by atoms with van der Waals surface area (Å²) in [6.07, 6.45) is 3.07. The highest BCUT2D eigenvalue weighted by atomic mass is 31.2. The number of aryl methyl sites for hydroxylation is 1. The molecule has 1 aromatic carbocycles. The normalized spacial score (nSPS) is 18.8. The largest absolute Gasteiger partial charge is 0.505 e. The maximum Gasteiger partial charge on any atom is 0.169 e. The summed E-state index contributed by atoms with van der Waals surface area (Å²) in [7, 11) is -2.48. The Morgan fingerprint density at radius 1 is 1.38 bits per heavy atom. The number of pyridine rings is 1. The molecule has 0 amide bonds. The molecule has 0 fully saturated rings. The summed E-state index contributed by atoms with van der Waals surface area (Å²) in [5.74, 6) is -0.166. The zero-order valence-corrected chi connectivity index (χ0v) is 13.3. The predicted octanol–water partition coefficient (Wildman–Crippen LogP) is 2.95.